The van der Waals surface area contributed by atoms with E-state index in [0.29, 0.717) is 17.4 Å². The Morgan fingerprint density at radius 2 is 0.892 bits per heavy atom. The molecule has 0 bridgehead atoms. The first kappa shape index (κ1) is 63.2. The molecule has 3 N–H and O–H groups in total. The molecule has 380 valence electrons. The van der Waals surface area contributed by atoms with E-state index in [1.165, 1.54) is 154 Å². The van der Waals surface area contributed by atoms with Gasteiger partial charge < -0.3 is 19.8 Å². The number of carbonyl (C=O) groups is 1. The number of unbranched alkanes of at least 4 members (excludes halogenated alkanes) is 28. The molecule has 0 aliphatic heterocycles. The minimum absolute atomic E-state index is 0.0500. The lowest BCUT2D eigenvalue weighted by atomic mass is 10.0. The predicted molar refractivity (Wildman–Crippen MR) is 281 cm³/mol. The van der Waals surface area contributed by atoms with Gasteiger partial charge >= 0.3 is 7.82 Å². The molecule has 8 nitrogen and oxygen atoms in total. The van der Waals surface area contributed by atoms with Crippen molar-refractivity contribution in [3.63, 3.8) is 0 Å². The number of allylic oxidation sites excluding steroid dienone is 9. The highest BCUT2D eigenvalue weighted by Gasteiger charge is 2.27. The molecule has 0 rings (SSSR count). The Balaban J connectivity index is 4.35. The van der Waals surface area contributed by atoms with Gasteiger partial charge in [-0.1, -0.05) is 216 Å². The number of hydrogen-bond donors (Lipinski definition) is 3. The monoisotopic (exact) mass is 934 g/mol. The Morgan fingerprint density at radius 1 is 0.523 bits per heavy atom. The molecule has 0 fully saturated rings. The molecular weight excluding hydrogens is 828 g/mol. The molecule has 0 heterocycles. The SMILES string of the molecule is CCCCCC/C=C\C/C=C\CCCCCCCCCC(=O)NC(COP(=O)(O)OCC[N+](C)(C)C)C(O)/C=C/CC/C=C/CC/C=C/CCCCCCCCCCCCCCCCC. The standard InChI is InChI=1S/C56H105N2O6P/c1-6-8-10-12-14-16-18-20-22-24-26-27-28-29-30-31-32-33-35-37-39-41-43-45-47-49-55(59)54(53-64-65(61,62)63-52-51-58(3,4)5)57-56(60)50-48-46-44-42-40-38-36-34-25-23-21-19-17-15-13-11-9-7-2/h17,19,23,25,32-33,39,41,47,49,54-55,59H,6-16,18,20-22,24,26-31,34-38,40,42-46,48,50-53H2,1-5H3,(H-,57,60,61,62)/p+1/b19-17-,25-23-,33-32+,41-39+,49-47+. The predicted octanol–water partition coefficient (Wildman–Crippen LogP) is 16.1. The fraction of sp³-hybridized carbons (Fsp3) is 0.804. The van der Waals surface area contributed by atoms with Gasteiger partial charge in [-0.2, -0.15) is 0 Å². The van der Waals surface area contributed by atoms with Crippen LogP contribution in [0.15, 0.2) is 60.8 Å². The van der Waals surface area contributed by atoms with Crippen molar-refractivity contribution in [2.75, 3.05) is 40.9 Å². The number of aliphatic hydroxyl groups is 1. The zero-order valence-corrected chi connectivity index (χ0v) is 44.1. The van der Waals surface area contributed by atoms with E-state index in [1.807, 2.05) is 27.2 Å². The molecule has 0 radical (unpaired) electrons. The van der Waals surface area contributed by atoms with Crippen LogP contribution < -0.4 is 5.32 Å². The first-order valence-electron chi connectivity index (χ1n) is 27.2. The average molecular weight is 934 g/mol. The van der Waals surface area contributed by atoms with Gasteiger partial charge in [0.15, 0.2) is 0 Å². The topological polar surface area (TPSA) is 105 Å². The lowest BCUT2D eigenvalue weighted by Gasteiger charge is -2.25. The number of quaternary nitrogens is 1. The highest BCUT2D eigenvalue weighted by Crippen LogP contribution is 2.43. The number of hydrogen-bond acceptors (Lipinski definition) is 5. The van der Waals surface area contributed by atoms with Gasteiger partial charge in [-0.05, 0) is 77.0 Å². The molecule has 0 saturated carbocycles. The molecule has 0 aromatic carbocycles. The van der Waals surface area contributed by atoms with Crippen LogP contribution in [0.3, 0.4) is 0 Å². The maximum Gasteiger partial charge on any atom is 0.472 e. The van der Waals surface area contributed by atoms with Crippen molar-refractivity contribution in [2.45, 2.75) is 251 Å². The van der Waals surface area contributed by atoms with Crippen molar-refractivity contribution in [2.24, 2.45) is 0 Å². The molecule has 0 aromatic heterocycles. The minimum Gasteiger partial charge on any atom is -0.387 e. The Hall–Kier alpha value is -1.80. The van der Waals surface area contributed by atoms with Gasteiger partial charge in [0.2, 0.25) is 5.91 Å². The van der Waals surface area contributed by atoms with E-state index in [2.05, 4.69) is 67.8 Å². The van der Waals surface area contributed by atoms with Crippen molar-refractivity contribution in [3.8, 4) is 0 Å². The highest BCUT2D eigenvalue weighted by atomic mass is 31.2. The first-order valence-corrected chi connectivity index (χ1v) is 28.7. The molecule has 3 atom stereocenters. The summed E-state index contributed by atoms with van der Waals surface area (Å²) in [5.74, 6) is -0.199. The highest BCUT2D eigenvalue weighted by molar-refractivity contribution is 7.47. The van der Waals surface area contributed by atoms with Crippen LogP contribution in [0.1, 0.15) is 239 Å². The molecule has 0 aliphatic carbocycles. The minimum atomic E-state index is -4.36. The number of phosphoric acid groups is 1. The number of rotatable bonds is 49. The summed E-state index contributed by atoms with van der Waals surface area (Å²) in [6.45, 7) is 4.77. The van der Waals surface area contributed by atoms with Crippen LogP contribution in [0.5, 0.6) is 0 Å². The van der Waals surface area contributed by atoms with Crippen molar-refractivity contribution >= 4 is 13.7 Å². The summed E-state index contributed by atoms with van der Waals surface area (Å²) in [6, 6.07) is -0.876. The summed E-state index contributed by atoms with van der Waals surface area (Å²) in [5.41, 5.74) is 0. The number of nitrogens with one attached hydrogen (secondary N) is 1. The third kappa shape index (κ3) is 49.9. The van der Waals surface area contributed by atoms with Crippen LogP contribution in [0.25, 0.3) is 0 Å². The number of phosphoric ester groups is 1. The molecule has 3 unspecified atom stereocenters. The second-order valence-electron chi connectivity index (χ2n) is 19.6. The Morgan fingerprint density at radius 3 is 1.34 bits per heavy atom. The van der Waals surface area contributed by atoms with E-state index >= 15 is 0 Å². The normalized spacial score (nSPS) is 14.5. The molecule has 0 spiro atoms. The fourth-order valence-electron chi connectivity index (χ4n) is 7.63. The number of likely N-dealkylation sites (N-methyl/N-ethyl adjacent to an activating group) is 1. The van der Waals surface area contributed by atoms with Crippen LogP contribution in [-0.4, -0.2) is 73.4 Å². The molecule has 0 saturated heterocycles. The summed E-state index contributed by atoms with van der Waals surface area (Å²) < 4.78 is 23.6. The summed E-state index contributed by atoms with van der Waals surface area (Å²) in [7, 11) is 1.54. The zero-order valence-electron chi connectivity index (χ0n) is 43.2. The van der Waals surface area contributed by atoms with E-state index in [0.717, 1.165) is 64.2 Å². The van der Waals surface area contributed by atoms with E-state index in [4.69, 9.17) is 9.05 Å². The molecule has 65 heavy (non-hydrogen) atoms. The smallest absolute Gasteiger partial charge is 0.387 e. The van der Waals surface area contributed by atoms with Gasteiger partial charge in [0.25, 0.3) is 0 Å². The van der Waals surface area contributed by atoms with Crippen molar-refractivity contribution < 1.29 is 32.9 Å². The molecule has 9 heteroatoms. The number of carbonyl (C=O) groups excluding carboxylic acids is 1. The van der Waals surface area contributed by atoms with Gasteiger partial charge in [0.05, 0.1) is 39.9 Å². The Bertz CT molecular complexity index is 1240. The summed E-state index contributed by atoms with van der Waals surface area (Å²) in [5, 5.41) is 13.9. The van der Waals surface area contributed by atoms with E-state index in [-0.39, 0.29) is 19.1 Å². The quantitative estimate of drug-likeness (QED) is 0.0243. The van der Waals surface area contributed by atoms with Gasteiger partial charge in [-0.3, -0.25) is 13.8 Å². The molecular formula is C56H106N2O6P+. The van der Waals surface area contributed by atoms with Crippen LogP contribution in [0.2, 0.25) is 0 Å². The van der Waals surface area contributed by atoms with Crippen molar-refractivity contribution in [1.82, 2.24) is 5.32 Å². The second kappa shape index (κ2) is 47.3. The van der Waals surface area contributed by atoms with Gasteiger partial charge in [-0.15, -0.1) is 0 Å². The Labute approximate surface area is 402 Å². The maximum atomic E-state index is 12.9. The third-order valence-corrected chi connectivity index (χ3v) is 12.9. The zero-order chi connectivity index (χ0) is 47.8. The van der Waals surface area contributed by atoms with Crippen LogP contribution in [-0.2, 0) is 18.4 Å². The fourth-order valence-corrected chi connectivity index (χ4v) is 8.37. The number of aliphatic hydroxyl groups excluding tert-OH is 1. The summed E-state index contributed by atoms with van der Waals surface area (Å²) in [6.07, 6.45) is 63.2. The molecule has 0 aromatic rings. The lowest BCUT2D eigenvalue weighted by molar-refractivity contribution is -0.870. The molecule has 1 amide bonds. The third-order valence-electron chi connectivity index (χ3n) is 11.9. The van der Waals surface area contributed by atoms with Crippen LogP contribution in [0, 0.1) is 0 Å². The second-order valence-corrected chi connectivity index (χ2v) is 21.0. The van der Waals surface area contributed by atoms with Gasteiger partial charge in [0.1, 0.15) is 13.2 Å². The largest absolute Gasteiger partial charge is 0.472 e. The lowest BCUT2D eigenvalue weighted by Crippen LogP contribution is -2.45. The number of nitrogens with zero attached hydrogens (tertiary/aromatic N) is 1. The molecule has 0 aliphatic rings. The maximum absolute atomic E-state index is 12.9. The van der Waals surface area contributed by atoms with E-state index in [1.54, 1.807) is 6.08 Å². The Kier molecular flexibility index (Phi) is 46.0. The van der Waals surface area contributed by atoms with Crippen molar-refractivity contribution in [3.05, 3.63) is 60.8 Å². The first-order chi connectivity index (χ1) is 31.5. The average Bonchev–Trinajstić information content (AvgIpc) is 3.26. The van der Waals surface area contributed by atoms with Crippen LogP contribution >= 0.6 is 7.82 Å². The van der Waals surface area contributed by atoms with Gasteiger partial charge in [-0.25, -0.2) is 4.57 Å². The summed E-state index contributed by atoms with van der Waals surface area (Å²) >= 11 is 0. The van der Waals surface area contributed by atoms with Crippen LogP contribution in [0.4, 0.5) is 0 Å². The van der Waals surface area contributed by atoms with E-state index < -0.39 is 20.0 Å². The van der Waals surface area contributed by atoms with Crippen molar-refractivity contribution in [1.29, 1.82) is 0 Å². The number of amides is 1. The van der Waals surface area contributed by atoms with Gasteiger partial charge in [0, 0.05) is 6.42 Å². The van der Waals surface area contributed by atoms with E-state index in [9.17, 15) is 19.4 Å². The summed E-state index contributed by atoms with van der Waals surface area (Å²) in [4.78, 5) is 23.2.